The van der Waals surface area contributed by atoms with Crippen molar-refractivity contribution >= 4 is 5.91 Å². The van der Waals surface area contributed by atoms with Crippen LogP contribution in [0.25, 0.3) is 0 Å². The topological polar surface area (TPSA) is 75.4 Å². The van der Waals surface area contributed by atoms with Crippen molar-refractivity contribution in [3.63, 3.8) is 0 Å². The van der Waals surface area contributed by atoms with E-state index in [9.17, 15) is 9.90 Å². The minimum Gasteiger partial charge on any atom is -0.396 e. The molecule has 21 heavy (non-hydrogen) atoms. The average molecular weight is 294 g/mol. The van der Waals surface area contributed by atoms with Gasteiger partial charge in [0.25, 0.3) is 5.91 Å². The molecule has 0 bridgehead atoms. The maximum Gasteiger partial charge on any atom is 0.273 e. The molecule has 1 aliphatic rings. The molecule has 0 unspecified atom stereocenters. The number of rotatable bonds is 6. The molecule has 1 aliphatic carbocycles. The Balaban J connectivity index is 1.94. The fourth-order valence-electron chi connectivity index (χ4n) is 3.08. The molecule has 5 heteroatoms. The van der Waals surface area contributed by atoms with Gasteiger partial charge < -0.3 is 14.9 Å². The largest absolute Gasteiger partial charge is 0.396 e. The maximum absolute atomic E-state index is 12.2. The highest BCUT2D eigenvalue weighted by molar-refractivity contribution is 5.92. The molecule has 2 rings (SSSR count). The molecule has 1 saturated carbocycles. The van der Waals surface area contributed by atoms with Crippen LogP contribution in [0.4, 0.5) is 0 Å². The molecule has 0 atom stereocenters. The average Bonchev–Trinajstić information content (AvgIpc) is 2.96. The predicted octanol–water partition coefficient (Wildman–Crippen LogP) is 2.86. The fraction of sp³-hybridized carbons (Fsp3) is 0.750. The van der Waals surface area contributed by atoms with E-state index in [2.05, 4.69) is 10.5 Å². The lowest BCUT2D eigenvalue weighted by molar-refractivity contribution is 0.0860. The second-order valence-electron chi connectivity index (χ2n) is 6.49. The molecule has 2 N–H and O–H groups in total. The zero-order valence-electron chi connectivity index (χ0n) is 13.0. The Bertz CT molecular complexity index is 456. The molecule has 1 amide bonds. The highest BCUT2D eigenvalue weighted by Crippen LogP contribution is 2.38. The van der Waals surface area contributed by atoms with Gasteiger partial charge in [0.1, 0.15) is 5.76 Å². The Morgan fingerprint density at radius 3 is 2.71 bits per heavy atom. The number of aliphatic hydroxyl groups is 1. The molecular weight excluding hydrogens is 268 g/mol. The lowest BCUT2D eigenvalue weighted by atomic mass is 9.72. The normalized spacial score (nSPS) is 17.9. The number of aliphatic hydroxyl groups excluding tert-OH is 1. The van der Waals surface area contributed by atoms with Crippen molar-refractivity contribution in [1.82, 2.24) is 10.5 Å². The van der Waals surface area contributed by atoms with Gasteiger partial charge in [-0.1, -0.05) is 38.3 Å². The van der Waals surface area contributed by atoms with Crippen molar-refractivity contribution in [2.75, 3.05) is 13.2 Å². The van der Waals surface area contributed by atoms with Crippen LogP contribution >= 0.6 is 0 Å². The summed E-state index contributed by atoms with van der Waals surface area (Å²) in [5, 5.41) is 16.1. The third-order valence-corrected chi connectivity index (χ3v) is 4.51. The summed E-state index contributed by atoms with van der Waals surface area (Å²) in [5.41, 5.74) is 0.390. The number of hydrogen-bond donors (Lipinski definition) is 2. The smallest absolute Gasteiger partial charge is 0.273 e. The first-order valence-corrected chi connectivity index (χ1v) is 7.92. The highest BCUT2D eigenvalue weighted by Gasteiger charge is 2.32. The van der Waals surface area contributed by atoms with E-state index in [1.807, 2.05) is 13.8 Å². The molecule has 1 aromatic heterocycles. The first-order chi connectivity index (χ1) is 10.1. The highest BCUT2D eigenvalue weighted by atomic mass is 16.5. The second-order valence-corrected chi connectivity index (χ2v) is 6.49. The summed E-state index contributed by atoms with van der Waals surface area (Å²) in [6.45, 7) is 4.79. The number of aromatic nitrogens is 1. The monoisotopic (exact) mass is 294 g/mol. The van der Waals surface area contributed by atoms with Crippen LogP contribution in [0.5, 0.6) is 0 Å². The van der Waals surface area contributed by atoms with E-state index >= 15 is 0 Å². The second kappa shape index (κ2) is 7.07. The summed E-state index contributed by atoms with van der Waals surface area (Å²) >= 11 is 0. The van der Waals surface area contributed by atoms with Crippen LogP contribution in [0.15, 0.2) is 10.6 Å². The van der Waals surface area contributed by atoms with E-state index in [1.54, 1.807) is 6.07 Å². The van der Waals surface area contributed by atoms with Crippen LogP contribution in [-0.4, -0.2) is 29.3 Å². The van der Waals surface area contributed by atoms with Gasteiger partial charge in [-0.15, -0.1) is 0 Å². The number of nitrogens with zero attached hydrogens (tertiary/aromatic N) is 1. The van der Waals surface area contributed by atoms with E-state index in [-0.39, 0.29) is 23.8 Å². The zero-order chi connectivity index (χ0) is 15.3. The lowest BCUT2D eigenvalue weighted by Gasteiger charge is -2.37. The first-order valence-electron chi connectivity index (χ1n) is 7.92. The van der Waals surface area contributed by atoms with Gasteiger partial charge in [-0.2, -0.15) is 0 Å². The molecule has 0 saturated heterocycles. The lowest BCUT2D eigenvalue weighted by Crippen LogP contribution is -2.39. The molecule has 0 spiro atoms. The summed E-state index contributed by atoms with van der Waals surface area (Å²) in [6.07, 6.45) is 6.51. The molecule has 5 nitrogen and oxygen atoms in total. The van der Waals surface area contributed by atoms with Gasteiger partial charge in [-0.05, 0) is 24.7 Å². The Morgan fingerprint density at radius 2 is 2.14 bits per heavy atom. The van der Waals surface area contributed by atoms with Crippen LogP contribution < -0.4 is 5.32 Å². The molecule has 118 valence electrons. The van der Waals surface area contributed by atoms with E-state index in [4.69, 9.17) is 4.52 Å². The molecular formula is C16H26N2O3. The Kier molecular flexibility index (Phi) is 5.39. The summed E-state index contributed by atoms with van der Waals surface area (Å²) in [6, 6.07) is 1.71. The third-order valence-electron chi connectivity index (χ3n) is 4.51. The summed E-state index contributed by atoms with van der Waals surface area (Å²) in [5.74, 6) is 0.759. The number of amides is 1. The predicted molar refractivity (Wildman–Crippen MR) is 80.1 cm³/mol. The molecule has 1 aromatic rings. The van der Waals surface area contributed by atoms with Crippen molar-refractivity contribution in [3.05, 3.63) is 17.5 Å². The maximum atomic E-state index is 12.2. The number of hydrogen-bond acceptors (Lipinski definition) is 4. The van der Waals surface area contributed by atoms with Crippen molar-refractivity contribution in [2.45, 2.75) is 58.3 Å². The Hall–Kier alpha value is -1.36. The van der Waals surface area contributed by atoms with Gasteiger partial charge in [0.05, 0.1) is 0 Å². The SMILES string of the molecule is CC(C)c1cc(C(=O)NCC2(CCO)CCCCC2)no1. The van der Waals surface area contributed by atoms with E-state index in [0.29, 0.717) is 12.2 Å². The van der Waals surface area contributed by atoms with E-state index in [1.165, 1.54) is 19.3 Å². The quantitative estimate of drug-likeness (QED) is 0.846. The van der Waals surface area contributed by atoms with Crippen LogP contribution in [0, 0.1) is 5.41 Å². The van der Waals surface area contributed by atoms with E-state index < -0.39 is 0 Å². The molecule has 0 aromatic carbocycles. The Labute approximate surface area is 126 Å². The van der Waals surface area contributed by atoms with Crippen LogP contribution in [0.2, 0.25) is 0 Å². The van der Waals surface area contributed by atoms with Crippen molar-refractivity contribution < 1.29 is 14.4 Å². The van der Waals surface area contributed by atoms with Gasteiger partial charge in [0, 0.05) is 25.1 Å². The minimum absolute atomic E-state index is 0.0489. The summed E-state index contributed by atoms with van der Waals surface area (Å²) in [4.78, 5) is 12.2. The molecule has 1 heterocycles. The van der Waals surface area contributed by atoms with Crippen molar-refractivity contribution in [3.8, 4) is 0 Å². The number of carbonyl (C=O) groups is 1. The number of nitrogens with one attached hydrogen (secondary N) is 1. The van der Waals surface area contributed by atoms with E-state index in [0.717, 1.165) is 25.0 Å². The van der Waals surface area contributed by atoms with Crippen molar-refractivity contribution in [1.29, 1.82) is 0 Å². The minimum atomic E-state index is -0.187. The van der Waals surface area contributed by atoms with Crippen molar-refractivity contribution in [2.24, 2.45) is 5.41 Å². The molecule has 1 fully saturated rings. The van der Waals surface area contributed by atoms with Crippen LogP contribution in [-0.2, 0) is 0 Å². The Morgan fingerprint density at radius 1 is 1.43 bits per heavy atom. The third kappa shape index (κ3) is 4.06. The van der Waals surface area contributed by atoms with Gasteiger partial charge in [0.15, 0.2) is 5.69 Å². The van der Waals surface area contributed by atoms with Gasteiger partial charge in [-0.25, -0.2) is 0 Å². The summed E-state index contributed by atoms with van der Waals surface area (Å²) in [7, 11) is 0. The number of carbonyl (C=O) groups excluding carboxylic acids is 1. The van der Waals surface area contributed by atoms with Gasteiger partial charge in [-0.3, -0.25) is 4.79 Å². The van der Waals surface area contributed by atoms with Gasteiger partial charge in [0.2, 0.25) is 0 Å². The van der Waals surface area contributed by atoms with Crippen LogP contribution in [0.1, 0.15) is 74.5 Å². The van der Waals surface area contributed by atoms with Crippen LogP contribution in [0.3, 0.4) is 0 Å². The zero-order valence-corrected chi connectivity index (χ0v) is 13.0. The summed E-state index contributed by atoms with van der Waals surface area (Å²) < 4.78 is 5.16. The van der Waals surface area contributed by atoms with Gasteiger partial charge >= 0.3 is 0 Å². The fourth-order valence-corrected chi connectivity index (χ4v) is 3.08. The molecule has 0 radical (unpaired) electrons. The molecule has 0 aliphatic heterocycles. The first kappa shape index (κ1) is 16.0. The standard InChI is InChI=1S/C16H26N2O3/c1-12(2)14-10-13(18-21-14)15(20)17-11-16(8-9-19)6-4-3-5-7-16/h10,12,19H,3-9,11H2,1-2H3,(H,17,20).